The molecule has 1 aromatic heterocycles. The highest BCUT2D eigenvalue weighted by Gasteiger charge is 2.28. The average molecular weight is 314 g/mol. The van der Waals surface area contributed by atoms with Gasteiger partial charge in [-0.25, -0.2) is 13.1 Å². The maximum atomic E-state index is 12.4. The minimum Gasteiger partial charge on any atom is -0.390 e. The fraction of sp³-hybridized carbons (Fsp3) is 0.714. The standard InChI is InChI=1S/C14H22N2O4S/c17-9-13-6-14(8-16(13)12-3-4-12)21(18,19)15-7-11-2-1-5-20-10-11/h6,8,11-12,15,17H,1-5,7,9-10H2. The van der Waals surface area contributed by atoms with Crippen LogP contribution in [0.1, 0.15) is 37.4 Å². The summed E-state index contributed by atoms with van der Waals surface area (Å²) < 4.78 is 34.6. The van der Waals surface area contributed by atoms with E-state index < -0.39 is 10.0 Å². The summed E-state index contributed by atoms with van der Waals surface area (Å²) in [6.07, 6.45) is 5.72. The zero-order chi connectivity index (χ0) is 14.9. The van der Waals surface area contributed by atoms with Crippen LogP contribution in [0.3, 0.4) is 0 Å². The zero-order valence-electron chi connectivity index (χ0n) is 12.0. The fourth-order valence-electron chi connectivity index (χ4n) is 2.74. The minimum atomic E-state index is -3.51. The van der Waals surface area contributed by atoms with Crippen LogP contribution in [0.15, 0.2) is 17.2 Å². The predicted octanol–water partition coefficient (Wildman–Crippen LogP) is 1.02. The zero-order valence-corrected chi connectivity index (χ0v) is 12.8. The Labute approximate surface area is 125 Å². The van der Waals surface area contributed by atoms with E-state index in [4.69, 9.17) is 4.74 Å². The van der Waals surface area contributed by atoms with Gasteiger partial charge in [0.2, 0.25) is 10.0 Å². The third kappa shape index (κ3) is 3.48. The van der Waals surface area contributed by atoms with E-state index in [-0.39, 0.29) is 17.4 Å². The highest BCUT2D eigenvalue weighted by Crippen LogP contribution is 2.37. The summed E-state index contributed by atoms with van der Waals surface area (Å²) in [5, 5.41) is 9.36. The maximum absolute atomic E-state index is 12.4. The van der Waals surface area contributed by atoms with Crippen LogP contribution in [0.5, 0.6) is 0 Å². The highest BCUT2D eigenvalue weighted by molar-refractivity contribution is 7.89. The molecule has 118 valence electrons. The van der Waals surface area contributed by atoms with Crippen LogP contribution in [-0.2, 0) is 21.4 Å². The fourth-order valence-corrected chi connectivity index (χ4v) is 3.91. The molecule has 1 unspecified atom stereocenters. The van der Waals surface area contributed by atoms with Crippen LogP contribution in [-0.4, -0.2) is 37.8 Å². The van der Waals surface area contributed by atoms with E-state index in [1.54, 1.807) is 12.3 Å². The van der Waals surface area contributed by atoms with E-state index in [1.165, 1.54) is 0 Å². The van der Waals surface area contributed by atoms with Crippen LogP contribution in [0.25, 0.3) is 0 Å². The van der Waals surface area contributed by atoms with E-state index in [9.17, 15) is 13.5 Å². The van der Waals surface area contributed by atoms with Gasteiger partial charge in [0.05, 0.1) is 18.1 Å². The van der Waals surface area contributed by atoms with Gasteiger partial charge in [-0.1, -0.05) is 0 Å². The van der Waals surface area contributed by atoms with Crippen molar-refractivity contribution in [2.45, 2.75) is 43.2 Å². The van der Waals surface area contributed by atoms with Crippen molar-refractivity contribution in [3.8, 4) is 0 Å². The number of hydrogen-bond donors (Lipinski definition) is 2. The third-order valence-electron chi connectivity index (χ3n) is 4.14. The lowest BCUT2D eigenvalue weighted by molar-refractivity contribution is 0.0568. The van der Waals surface area contributed by atoms with Gasteiger partial charge in [0.1, 0.15) is 0 Å². The van der Waals surface area contributed by atoms with Crippen molar-refractivity contribution >= 4 is 10.0 Å². The van der Waals surface area contributed by atoms with Gasteiger partial charge < -0.3 is 14.4 Å². The summed E-state index contributed by atoms with van der Waals surface area (Å²) in [4.78, 5) is 0.246. The molecule has 0 radical (unpaired) electrons. The monoisotopic (exact) mass is 314 g/mol. The van der Waals surface area contributed by atoms with E-state index >= 15 is 0 Å². The van der Waals surface area contributed by atoms with Gasteiger partial charge in [0, 0.05) is 31.1 Å². The molecule has 1 atom stereocenters. The van der Waals surface area contributed by atoms with E-state index in [1.807, 2.05) is 4.57 Å². The number of ether oxygens (including phenoxy) is 1. The Kier molecular flexibility index (Phi) is 4.35. The van der Waals surface area contributed by atoms with Gasteiger partial charge >= 0.3 is 0 Å². The minimum absolute atomic E-state index is 0.136. The molecule has 2 aliphatic rings. The van der Waals surface area contributed by atoms with Gasteiger partial charge in [-0.15, -0.1) is 0 Å². The molecule has 0 spiro atoms. The van der Waals surface area contributed by atoms with Crippen LogP contribution in [0.4, 0.5) is 0 Å². The summed E-state index contributed by atoms with van der Waals surface area (Å²) >= 11 is 0. The molecule has 7 heteroatoms. The molecular weight excluding hydrogens is 292 g/mol. The van der Waals surface area contributed by atoms with Crippen LogP contribution < -0.4 is 4.72 Å². The number of aromatic nitrogens is 1. The number of hydrogen-bond acceptors (Lipinski definition) is 4. The molecule has 1 saturated heterocycles. The maximum Gasteiger partial charge on any atom is 0.242 e. The molecule has 2 fully saturated rings. The van der Waals surface area contributed by atoms with Gasteiger partial charge in [-0.05, 0) is 37.7 Å². The summed E-state index contributed by atoms with van der Waals surface area (Å²) in [6, 6.07) is 1.92. The number of nitrogens with zero attached hydrogens (tertiary/aromatic N) is 1. The second-order valence-electron chi connectivity index (χ2n) is 5.90. The van der Waals surface area contributed by atoms with Gasteiger partial charge in [-0.3, -0.25) is 0 Å². The molecule has 0 amide bonds. The molecule has 1 aliphatic carbocycles. The largest absolute Gasteiger partial charge is 0.390 e. The summed E-state index contributed by atoms with van der Waals surface area (Å²) in [7, 11) is -3.51. The van der Waals surface area contributed by atoms with E-state index in [2.05, 4.69) is 4.72 Å². The Balaban J connectivity index is 1.68. The molecule has 1 aromatic rings. The lowest BCUT2D eigenvalue weighted by Gasteiger charge is -2.21. The lowest BCUT2D eigenvalue weighted by Crippen LogP contribution is -2.33. The lowest BCUT2D eigenvalue weighted by atomic mass is 10.0. The highest BCUT2D eigenvalue weighted by atomic mass is 32.2. The Morgan fingerprint density at radius 2 is 2.19 bits per heavy atom. The Bertz CT molecular complexity index is 586. The SMILES string of the molecule is O=S(=O)(NCC1CCCOC1)c1cc(CO)n(C2CC2)c1. The molecule has 0 bridgehead atoms. The van der Waals surface area contributed by atoms with Crippen LogP contribution in [0, 0.1) is 5.92 Å². The first-order valence-electron chi connectivity index (χ1n) is 7.49. The molecule has 3 rings (SSSR count). The molecule has 2 heterocycles. The van der Waals surface area contributed by atoms with Crippen LogP contribution >= 0.6 is 0 Å². The molecular formula is C14H22N2O4S. The second kappa shape index (κ2) is 6.08. The van der Waals surface area contributed by atoms with Crippen molar-refractivity contribution in [3.63, 3.8) is 0 Å². The number of aliphatic hydroxyl groups is 1. The molecule has 6 nitrogen and oxygen atoms in total. The van der Waals surface area contributed by atoms with Gasteiger partial charge in [0.25, 0.3) is 0 Å². The molecule has 0 aromatic carbocycles. The predicted molar refractivity (Wildman–Crippen MR) is 77.4 cm³/mol. The normalized spacial score (nSPS) is 23.4. The molecule has 2 N–H and O–H groups in total. The number of rotatable bonds is 6. The topological polar surface area (TPSA) is 80.6 Å². The first-order chi connectivity index (χ1) is 10.1. The van der Waals surface area contributed by atoms with Crippen molar-refractivity contribution in [3.05, 3.63) is 18.0 Å². The van der Waals surface area contributed by atoms with Crippen molar-refractivity contribution in [2.75, 3.05) is 19.8 Å². The van der Waals surface area contributed by atoms with Crippen LogP contribution in [0.2, 0.25) is 0 Å². The smallest absolute Gasteiger partial charge is 0.242 e. The van der Waals surface area contributed by atoms with Crippen molar-refractivity contribution in [2.24, 2.45) is 5.92 Å². The second-order valence-corrected chi connectivity index (χ2v) is 7.67. The number of nitrogens with one attached hydrogen (secondary N) is 1. The Hall–Kier alpha value is -0.890. The number of aliphatic hydroxyl groups excluding tert-OH is 1. The van der Waals surface area contributed by atoms with Crippen molar-refractivity contribution in [1.29, 1.82) is 0 Å². The third-order valence-corrected chi connectivity index (χ3v) is 5.53. The Morgan fingerprint density at radius 3 is 2.81 bits per heavy atom. The molecule has 21 heavy (non-hydrogen) atoms. The van der Waals surface area contributed by atoms with Gasteiger partial charge in [0.15, 0.2) is 0 Å². The summed E-state index contributed by atoms with van der Waals surface area (Å²) in [6.45, 7) is 1.66. The quantitative estimate of drug-likeness (QED) is 0.821. The molecule has 1 saturated carbocycles. The number of sulfonamides is 1. The summed E-state index contributed by atoms with van der Waals surface area (Å²) in [5.41, 5.74) is 0.666. The first kappa shape index (κ1) is 15.0. The average Bonchev–Trinajstić information content (AvgIpc) is 3.24. The van der Waals surface area contributed by atoms with Crippen molar-refractivity contribution in [1.82, 2.24) is 9.29 Å². The first-order valence-corrected chi connectivity index (χ1v) is 8.97. The summed E-state index contributed by atoms with van der Waals surface area (Å²) in [5.74, 6) is 0.247. The Morgan fingerprint density at radius 1 is 1.38 bits per heavy atom. The van der Waals surface area contributed by atoms with E-state index in [0.29, 0.717) is 24.9 Å². The van der Waals surface area contributed by atoms with Gasteiger partial charge in [-0.2, -0.15) is 0 Å². The van der Waals surface area contributed by atoms with E-state index in [0.717, 1.165) is 32.3 Å². The van der Waals surface area contributed by atoms with Crippen molar-refractivity contribution < 1.29 is 18.3 Å². The molecule has 1 aliphatic heterocycles.